The summed E-state index contributed by atoms with van der Waals surface area (Å²) in [7, 11) is 0. The first-order valence-electron chi connectivity index (χ1n) is 7.18. The molecule has 4 unspecified atom stereocenters. The van der Waals surface area contributed by atoms with Crippen LogP contribution in [0.3, 0.4) is 0 Å². The third-order valence-corrected chi connectivity index (χ3v) is 2.92. The number of rotatable bonds is 10. The van der Waals surface area contributed by atoms with Crippen molar-refractivity contribution < 1.29 is 24.1 Å². The van der Waals surface area contributed by atoms with Gasteiger partial charge in [-0.2, -0.15) is 0 Å². The van der Waals surface area contributed by atoms with Crippen LogP contribution in [0.1, 0.15) is 33.6 Å². The van der Waals surface area contributed by atoms with Crippen LogP contribution in [0, 0.1) is 0 Å². The summed E-state index contributed by atoms with van der Waals surface area (Å²) in [6, 6.07) is 0. The van der Waals surface area contributed by atoms with Crippen LogP contribution in [-0.2, 0) is 18.9 Å². The molecule has 1 saturated heterocycles. The molecule has 0 aliphatic carbocycles. The molecule has 4 atom stereocenters. The molecule has 1 aliphatic heterocycles. The van der Waals surface area contributed by atoms with Crippen LogP contribution < -0.4 is 0 Å². The number of ether oxygens (including phenoxy) is 4. The van der Waals surface area contributed by atoms with E-state index in [1.807, 2.05) is 13.8 Å². The van der Waals surface area contributed by atoms with Crippen LogP contribution in [0.25, 0.3) is 0 Å². The molecule has 1 aliphatic rings. The highest BCUT2D eigenvalue weighted by atomic mass is 16.6. The Hall–Kier alpha value is -0.200. The third-order valence-electron chi connectivity index (χ3n) is 2.92. The van der Waals surface area contributed by atoms with Gasteiger partial charge in [-0.05, 0) is 33.6 Å². The molecule has 5 heteroatoms. The Kier molecular flexibility index (Phi) is 8.57. The van der Waals surface area contributed by atoms with Crippen molar-refractivity contribution in [2.45, 2.75) is 58.0 Å². The molecule has 0 aromatic carbocycles. The zero-order valence-corrected chi connectivity index (χ0v) is 12.3. The van der Waals surface area contributed by atoms with E-state index < -0.39 is 6.10 Å². The molecule has 1 rings (SSSR count). The lowest BCUT2D eigenvalue weighted by Crippen LogP contribution is -2.26. The van der Waals surface area contributed by atoms with Gasteiger partial charge < -0.3 is 24.1 Å². The average Bonchev–Trinajstić information content (AvgIpc) is 2.87. The predicted octanol–water partition coefficient (Wildman–Crippen LogP) is 1.37. The molecule has 19 heavy (non-hydrogen) atoms. The summed E-state index contributed by atoms with van der Waals surface area (Å²) >= 11 is 0. The SMILES string of the molecule is CC(O)COC(C)COC(C)COCC1CCCO1. The van der Waals surface area contributed by atoms with E-state index in [-0.39, 0.29) is 18.3 Å². The van der Waals surface area contributed by atoms with Gasteiger partial charge >= 0.3 is 0 Å². The van der Waals surface area contributed by atoms with Crippen LogP contribution in [0.5, 0.6) is 0 Å². The van der Waals surface area contributed by atoms with E-state index in [1.54, 1.807) is 6.92 Å². The Balaban J connectivity index is 1.95. The normalized spacial score (nSPS) is 24.3. The number of hydrogen-bond acceptors (Lipinski definition) is 5. The average molecular weight is 276 g/mol. The molecule has 0 amide bonds. The number of aliphatic hydroxyl groups excluding tert-OH is 1. The zero-order chi connectivity index (χ0) is 14.1. The lowest BCUT2D eigenvalue weighted by molar-refractivity contribution is -0.0774. The van der Waals surface area contributed by atoms with Crippen LogP contribution in [0.4, 0.5) is 0 Å². The van der Waals surface area contributed by atoms with Crippen molar-refractivity contribution in [3.05, 3.63) is 0 Å². The molecular formula is C14H28O5. The number of aliphatic hydroxyl groups is 1. The van der Waals surface area contributed by atoms with Crippen LogP contribution in [0.2, 0.25) is 0 Å². The molecule has 1 N–H and O–H groups in total. The van der Waals surface area contributed by atoms with Crippen LogP contribution in [-0.4, -0.2) is 62.6 Å². The molecule has 5 nitrogen and oxygen atoms in total. The summed E-state index contributed by atoms with van der Waals surface area (Å²) in [5.74, 6) is 0. The molecule has 1 heterocycles. The molecule has 0 aromatic rings. The van der Waals surface area contributed by atoms with Crippen molar-refractivity contribution in [1.82, 2.24) is 0 Å². The van der Waals surface area contributed by atoms with E-state index in [0.29, 0.717) is 26.4 Å². The first kappa shape index (κ1) is 16.9. The summed E-state index contributed by atoms with van der Waals surface area (Å²) in [6.45, 7) is 8.56. The third kappa shape index (κ3) is 8.55. The molecule has 0 spiro atoms. The minimum Gasteiger partial charge on any atom is -0.391 e. The van der Waals surface area contributed by atoms with Crippen LogP contribution >= 0.6 is 0 Å². The standard InChI is InChI=1S/C14H28O5/c1-11(15)7-18-13(3)9-19-12(2)8-16-10-14-5-4-6-17-14/h11-15H,4-10H2,1-3H3. The Morgan fingerprint density at radius 2 is 1.79 bits per heavy atom. The fraction of sp³-hybridized carbons (Fsp3) is 1.00. The molecule has 0 radical (unpaired) electrons. The second-order valence-electron chi connectivity index (χ2n) is 5.31. The van der Waals surface area contributed by atoms with Gasteiger partial charge in [-0.1, -0.05) is 0 Å². The van der Waals surface area contributed by atoms with Crippen LogP contribution in [0.15, 0.2) is 0 Å². The summed E-state index contributed by atoms with van der Waals surface area (Å²) in [6.07, 6.45) is 2.09. The van der Waals surface area contributed by atoms with Gasteiger partial charge in [0, 0.05) is 6.61 Å². The fourth-order valence-electron chi connectivity index (χ4n) is 1.84. The molecule has 1 fully saturated rings. The van der Waals surface area contributed by atoms with E-state index in [4.69, 9.17) is 24.1 Å². The summed E-state index contributed by atoms with van der Waals surface area (Å²) in [5.41, 5.74) is 0. The predicted molar refractivity (Wildman–Crippen MR) is 72.3 cm³/mol. The quantitative estimate of drug-likeness (QED) is 0.653. The smallest absolute Gasteiger partial charge is 0.0809 e. The lowest BCUT2D eigenvalue weighted by atomic mass is 10.2. The minimum absolute atomic E-state index is 0.0183. The van der Waals surface area contributed by atoms with Crippen molar-refractivity contribution in [2.75, 3.05) is 33.0 Å². The van der Waals surface area contributed by atoms with Gasteiger partial charge in [0.15, 0.2) is 0 Å². The topological polar surface area (TPSA) is 57.2 Å². The second kappa shape index (κ2) is 9.66. The molecule has 0 bridgehead atoms. The largest absolute Gasteiger partial charge is 0.391 e. The summed E-state index contributed by atoms with van der Waals surface area (Å²) in [5, 5.41) is 9.10. The highest BCUT2D eigenvalue weighted by Gasteiger charge is 2.16. The van der Waals surface area contributed by atoms with Gasteiger partial charge in [0.05, 0.1) is 50.8 Å². The van der Waals surface area contributed by atoms with E-state index in [0.717, 1.165) is 19.4 Å². The van der Waals surface area contributed by atoms with E-state index in [2.05, 4.69) is 0 Å². The van der Waals surface area contributed by atoms with Gasteiger partial charge in [0.2, 0.25) is 0 Å². The van der Waals surface area contributed by atoms with Crippen molar-refractivity contribution in [3.63, 3.8) is 0 Å². The highest BCUT2D eigenvalue weighted by Crippen LogP contribution is 2.12. The Labute approximate surface area is 116 Å². The van der Waals surface area contributed by atoms with Gasteiger partial charge in [-0.25, -0.2) is 0 Å². The maximum Gasteiger partial charge on any atom is 0.0809 e. The van der Waals surface area contributed by atoms with E-state index in [1.165, 1.54) is 0 Å². The van der Waals surface area contributed by atoms with Crippen molar-refractivity contribution >= 4 is 0 Å². The van der Waals surface area contributed by atoms with Crippen molar-refractivity contribution in [2.24, 2.45) is 0 Å². The number of hydrogen-bond donors (Lipinski definition) is 1. The van der Waals surface area contributed by atoms with E-state index in [9.17, 15) is 0 Å². The van der Waals surface area contributed by atoms with Crippen molar-refractivity contribution in [3.8, 4) is 0 Å². The zero-order valence-electron chi connectivity index (χ0n) is 12.3. The maximum absolute atomic E-state index is 9.10. The summed E-state index contributed by atoms with van der Waals surface area (Å²) < 4.78 is 22.1. The Morgan fingerprint density at radius 3 is 2.42 bits per heavy atom. The first-order valence-corrected chi connectivity index (χ1v) is 7.18. The monoisotopic (exact) mass is 276 g/mol. The lowest BCUT2D eigenvalue weighted by Gasteiger charge is -2.19. The molecule has 114 valence electrons. The molecule has 0 saturated carbocycles. The second-order valence-corrected chi connectivity index (χ2v) is 5.31. The highest BCUT2D eigenvalue weighted by molar-refractivity contribution is 4.64. The first-order chi connectivity index (χ1) is 9.08. The summed E-state index contributed by atoms with van der Waals surface area (Å²) in [4.78, 5) is 0. The maximum atomic E-state index is 9.10. The van der Waals surface area contributed by atoms with Gasteiger partial charge in [-0.15, -0.1) is 0 Å². The minimum atomic E-state index is -0.436. The van der Waals surface area contributed by atoms with Gasteiger partial charge in [0.1, 0.15) is 0 Å². The Bertz CT molecular complexity index is 216. The fourth-order valence-corrected chi connectivity index (χ4v) is 1.84. The molecular weight excluding hydrogens is 248 g/mol. The van der Waals surface area contributed by atoms with E-state index >= 15 is 0 Å². The van der Waals surface area contributed by atoms with Gasteiger partial charge in [-0.3, -0.25) is 0 Å². The Morgan fingerprint density at radius 1 is 1.11 bits per heavy atom. The van der Waals surface area contributed by atoms with Gasteiger partial charge in [0.25, 0.3) is 0 Å². The van der Waals surface area contributed by atoms with Crippen molar-refractivity contribution in [1.29, 1.82) is 0 Å². The molecule has 0 aromatic heterocycles.